The minimum absolute atomic E-state index is 0.0298. The zero-order valence-electron chi connectivity index (χ0n) is 31.7. The predicted molar refractivity (Wildman–Crippen MR) is 205 cm³/mol. The molecule has 1 aromatic carbocycles. The summed E-state index contributed by atoms with van der Waals surface area (Å²) >= 11 is 0. The van der Waals surface area contributed by atoms with Crippen molar-refractivity contribution in [3.63, 3.8) is 0 Å². The molecule has 3 aliphatic heterocycles. The largest absolute Gasteiger partial charge is 0.483 e. The first kappa shape index (κ1) is 37.5. The number of carbonyl (C=O) groups excluding carboxylic acids is 3. The van der Waals surface area contributed by atoms with E-state index in [0.29, 0.717) is 77.1 Å². The lowest BCUT2D eigenvalue weighted by Crippen LogP contribution is -2.46. The normalized spacial score (nSPS) is 21.3. The van der Waals surface area contributed by atoms with E-state index in [2.05, 4.69) is 48.2 Å². The molecule has 3 aliphatic rings. The number of anilines is 5. The van der Waals surface area contributed by atoms with Gasteiger partial charge in [0.1, 0.15) is 23.2 Å². The van der Waals surface area contributed by atoms with E-state index in [-0.39, 0.29) is 48.6 Å². The Hall–Kier alpha value is -5.84. The van der Waals surface area contributed by atoms with Crippen molar-refractivity contribution in [3.8, 4) is 0 Å². The van der Waals surface area contributed by atoms with Crippen LogP contribution in [0.5, 0.6) is 0 Å². The number of likely N-dealkylation sites (N-methyl/N-ethyl adjacent to an activating group) is 1. The van der Waals surface area contributed by atoms with Gasteiger partial charge in [0.25, 0.3) is 5.91 Å². The second kappa shape index (κ2) is 15.1. The molecule has 0 aliphatic carbocycles. The number of benzene rings is 1. The molecule has 0 saturated carbocycles. The van der Waals surface area contributed by atoms with E-state index in [4.69, 9.17) is 9.72 Å². The second-order valence-electron chi connectivity index (χ2n) is 14.7. The van der Waals surface area contributed by atoms with Crippen LogP contribution in [0.4, 0.5) is 33.3 Å². The van der Waals surface area contributed by atoms with Crippen molar-refractivity contribution in [2.75, 3.05) is 47.2 Å². The Labute approximate surface area is 317 Å². The summed E-state index contributed by atoms with van der Waals surface area (Å²) in [7, 11) is 3.28. The van der Waals surface area contributed by atoms with Gasteiger partial charge in [-0.25, -0.2) is 14.4 Å². The number of rotatable bonds is 10. The number of pyridine rings is 1. The maximum Gasteiger partial charge on any atom is 0.257 e. The van der Waals surface area contributed by atoms with Crippen LogP contribution in [0.15, 0.2) is 36.4 Å². The third-order valence-electron chi connectivity index (χ3n) is 10.4. The number of aliphatic hydroxyl groups excluding tert-OH is 1. The molecule has 3 amide bonds. The van der Waals surface area contributed by atoms with Gasteiger partial charge in [-0.3, -0.25) is 24.4 Å². The summed E-state index contributed by atoms with van der Waals surface area (Å²) in [6, 6.07) is 4.92. The van der Waals surface area contributed by atoms with Crippen molar-refractivity contribution in [3.05, 3.63) is 59.0 Å². The Morgan fingerprint density at radius 1 is 1.16 bits per heavy atom. The number of aryl methyl sites for hydroxylation is 2. The molecule has 55 heavy (non-hydrogen) atoms. The van der Waals surface area contributed by atoms with Gasteiger partial charge in [-0.05, 0) is 63.8 Å². The van der Waals surface area contributed by atoms with Gasteiger partial charge in [-0.2, -0.15) is 10.1 Å². The lowest BCUT2D eigenvalue weighted by Gasteiger charge is -2.38. The molecule has 7 rings (SSSR count). The molecule has 4 aromatic rings. The summed E-state index contributed by atoms with van der Waals surface area (Å²) in [5, 5.41) is 27.8. The SMILES string of the molecule is CNC(=O)COC1=Cc2cc(Nc3nc(N4CC[C@@H](Nc5cc6c(cc5F)c(C5CCC(=O)NC5=O)nn6C)[C@H](C)C4)ncc3C)cnc2N(C(C)C)C1O. The van der Waals surface area contributed by atoms with Crippen LogP contribution in [0, 0.1) is 18.7 Å². The van der Waals surface area contributed by atoms with Crippen LogP contribution >= 0.6 is 0 Å². The summed E-state index contributed by atoms with van der Waals surface area (Å²) in [5.41, 5.74) is 3.73. The van der Waals surface area contributed by atoms with Gasteiger partial charge in [0.2, 0.25) is 17.8 Å². The molecule has 3 aromatic heterocycles. The van der Waals surface area contributed by atoms with Gasteiger partial charge in [-0.1, -0.05) is 6.92 Å². The number of nitrogens with one attached hydrogen (secondary N) is 4. The number of hydrogen-bond donors (Lipinski definition) is 5. The summed E-state index contributed by atoms with van der Waals surface area (Å²) in [6.45, 7) is 8.94. The van der Waals surface area contributed by atoms with Crippen molar-refractivity contribution in [2.24, 2.45) is 13.0 Å². The van der Waals surface area contributed by atoms with Gasteiger partial charge in [0.05, 0.1) is 34.7 Å². The standard InChI is InChI=1S/C38H46FN11O5/c1-19(2)50-35-22(12-30(37(50)54)55-18-32(52)40-5)11-23(16-41-35)43-34-20(3)15-42-38(46-34)49-10-9-27(21(4)17-49)44-28-14-29-25(13-26(28)39)33(47-48(29)6)24-7-8-31(51)45-36(24)53/h11-16,19,21,24,27,37,44,54H,7-10,17-18H2,1-6H3,(H,40,52)(H,42,43,46)(H,45,51,53)/t21-,24?,27-,37?/m1/s1. The number of nitrogens with zero attached hydrogens (tertiary/aromatic N) is 7. The number of piperidine rings is 2. The van der Waals surface area contributed by atoms with E-state index < -0.39 is 23.9 Å². The molecule has 4 atom stereocenters. The number of hydrogen-bond acceptors (Lipinski definition) is 13. The highest BCUT2D eigenvalue weighted by Crippen LogP contribution is 2.36. The molecule has 2 unspecified atom stereocenters. The molecule has 2 fully saturated rings. The Morgan fingerprint density at radius 2 is 1.96 bits per heavy atom. The average Bonchev–Trinajstić information content (AvgIpc) is 3.46. The van der Waals surface area contributed by atoms with Crippen LogP contribution in [-0.2, 0) is 26.2 Å². The van der Waals surface area contributed by atoms with Crippen molar-refractivity contribution >= 4 is 63.7 Å². The van der Waals surface area contributed by atoms with E-state index in [0.717, 1.165) is 5.56 Å². The minimum atomic E-state index is -1.10. The van der Waals surface area contributed by atoms with E-state index in [1.165, 1.54) is 13.1 Å². The highest BCUT2D eigenvalue weighted by Gasteiger charge is 2.34. The number of halogens is 1. The van der Waals surface area contributed by atoms with Crippen LogP contribution in [-0.4, -0.2) is 92.6 Å². The zero-order valence-corrected chi connectivity index (χ0v) is 31.7. The average molecular weight is 756 g/mol. The fourth-order valence-electron chi connectivity index (χ4n) is 7.43. The maximum absolute atomic E-state index is 15.6. The van der Waals surface area contributed by atoms with E-state index in [9.17, 15) is 19.5 Å². The van der Waals surface area contributed by atoms with Crippen molar-refractivity contribution < 1.29 is 28.6 Å². The summed E-state index contributed by atoms with van der Waals surface area (Å²) < 4.78 is 23.0. The molecule has 17 heteroatoms. The molecule has 290 valence electrons. The van der Waals surface area contributed by atoms with Crippen LogP contribution in [0.1, 0.15) is 62.8 Å². The predicted octanol–water partition coefficient (Wildman–Crippen LogP) is 3.45. The third kappa shape index (κ3) is 7.48. The molecule has 0 radical (unpaired) electrons. The van der Waals surface area contributed by atoms with Crippen LogP contribution in [0.2, 0.25) is 0 Å². The highest BCUT2D eigenvalue weighted by atomic mass is 19.1. The summed E-state index contributed by atoms with van der Waals surface area (Å²) in [4.78, 5) is 54.1. The first-order valence-corrected chi connectivity index (χ1v) is 18.4. The molecular formula is C38H46FN11O5. The van der Waals surface area contributed by atoms with Crippen molar-refractivity contribution in [1.29, 1.82) is 0 Å². The number of imide groups is 1. The second-order valence-corrected chi connectivity index (χ2v) is 14.7. The van der Waals surface area contributed by atoms with Gasteiger partial charge in [0, 0.05) is 68.4 Å². The molecule has 0 spiro atoms. The van der Waals surface area contributed by atoms with Crippen LogP contribution < -0.4 is 31.1 Å². The van der Waals surface area contributed by atoms with E-state index in [1.807, 2.05) is 26.8 Å². The minimum Gasteiger partial charge on any atom is -0.483 e. The molecule has 5 N–H and O–H groups in total. The Morgan fingerprint density at radius 3 is 2.69 bits per heavy atom. The first-order chi connectivity index (χ1) is 26.3. The quantitative estimate of drug-likeness (QED) is 0.148. The number of fused-ring (bicyclic) bond motifs is 2. The van der Waals surface area contributed by atoms with Crippen molar-refractivity contribution in [1.82, 2.24) is 35.4 Å². The Balaban J connectivity index is 1.04. The van der Waals surface area contributed by atoms with E-state index in [1.54, 1.807) is 41.2 Å². The fraction of sp³-hybridized carbons (Fsp3) is 0.447. The number of carbonyl (C=O) groups is 3. The summed E-state index contributed by atoms with van der Waals surface area (Å²) in [5.74, 6) is 0.0269. The van der Waals surface area contributed by atoms with Crippen LogP contribution in [0.3, 0.4) is 0 Å². The summed E-state index contributed by atoms with van der Waals surface area (Å²) in [6.07, 6.45) is 5.30. The lowest BCUT2D eigenvalue weighted by molar-refractivity contribution is -0.134. The number of aromatic nitrogens is 5. The Kier molecular flexibility index (Phi) is 10.3. The smallest absolute Gasteiger partial charge is 0.257 e. The zero-order chi connectivity index (χ0) is 39.1. The molecular weight excluding hydrogens is 709 g/mol. The van der Waals surface area contributed by atoms with Gasteiger partial charge >= 0.3 is 0 Å². The van der Waals surface area contributed by atoms with E-state index >= 15 is 4.39 Å². The first-order valence-electron chi connectivity index (χ1n) is 18.4. The van der Waals surface area contributed by atoms with Crippen molar-refractivity contribution in [2.45, 2.75) is 71.2 Å². The number of aliphatic hydroxyl groups is 1. The Bertz CT molecular complexity index is 2190. The van der Waals surface area contributed by atoms with Gasteiger partial charge in [0.15, 0.2) is 12.8 Å². The molecule has 6 heterocycles. The highest BCUT2D eigenvalue weighted by molar-refractivity contribution is 6.02. The molecule has 16 nitrogen and oxygen atoms in total. The van der Waals surface area contributed by atoms with Crippen LogP contribution in [0.25, 0.3) is 17.0 Å². The third-order valence-corrected chi connectivity index (χ3v) is 10.4. The lowest BCUT2D eigenvalue weighted by atomic mass is 9.92. The topological polar surface area (TPSA) is 192 Å². The maximum atomic E-state index is 15.6. The van der Waals surface area contributed by atoms with Gasteiger partial charge < -0.3 is 35.6 Å². The molecule has 2 saturated heterocycles. The van der Waals surface area contributed by atoms with Gasteiger partial charge in [-0.15, -0.1) is 0 Å². The molecule has 0 bridgehead atoms. The fourth-order valence-corrected chi connectivity index (χ4v) is 7.43. The monoisotopic (exact) mass is 755 g/mol. The number of ether oxygens (including phenoxy) is 1. The number of amides is 3.